The van der Waals surface area contributed by atoms with Gasteiger partial charge in [-0.25, -0.2) is 0 Å². The van der Waals surface area contributed by atoms with Gasteiger partial charge in [-0.2, -0.15) is 0 Å². The zero-order chi connectivity index (χ0) is 13.8. The number of hydrogen-bond acceptors (Lipinski definition) is 3. The van der Waals surface area contributed by atoms with Gasteiger partial charge in [0, 0.05) is 25.8 Å². The highest BCUT2D eigenvalue weighted by Gasteiger charge is 2.29. The Morgan fingerprint density at radius 1 is 1.58 bits per heavy atom. The lowest BCUT2D eigenvalue weighted by Crippen LogP contribution is -2.30. The van der Waals surface area contributed by atoms with E-state index >= 15 is 0 Å². The topological polar surface area (TPSA) is 45.2 Å². The molecule has 1 aliphatic heterocycles. The lowest BCUT2D eigenvalue weighted by Gasteiger charge is -2.19. The average Bonchev–Trinajstić information content (AvgIpc) is 2.89. The van der Waals surface area contributed by atoms with Gasteiger partial charge in [-0.1, -0.05) is 13.8 Å². The molecule has 1 aromatic rings. The first-order valence-electron chi connectivity index (χ1n) is 7.10. The first-order chi connectivity index (χ1) is 9.13. The smallest absolute Gasteiger partial charge is 0.256 e. The molecule has 0 radical (unpaired) electrons. The van der Waals surface area contributed by atoms with Crippen LogP contribution in [0.5, 0.6) is 0 Å². The van der Waals surface area contributed by atoms with Gasteiger partial charge in [0.15, 0.2) is 0 Å². The zero-order valence-electron chi connectivity index (χ0n) is 12.0. The minimum absolute atomic E-state index is 0.126. The second-order valence-corrected chi connectivity index (χ2v) is 5.50. The summed E-state index contributed by atoms with van der Waals surface area (Å²) in [6.07, 6.45) is 4.53. The molecule has 1 fully saturated rings. The molecule has 0 saturated carbocycles. The van der Waals surface area contributed by atoms with Crippen LogP contribution in [0.1, 0.15) is 37.6 Å². The van der Waals surface area contributed by atoms with Crippen molar-refractivity contribution in [1.82, 2.24) is 9.88 Å². The third-order valence-corrected chi connectivity index (χ3v) is 3.87. The third kappa shape index (κ3) is 3.06. The van der Waals surface area contributed by atoms with E-state index in [-0.39, 0.29) is 5.91 Å². The number of pyridine rings is 1. The van der Waals surface area contributed by atoms with Gasteiger partial charge in [0.1, 0.15) is 0 Å². The summed E-state index contributed by atoms with van der Waals surface area (Å²) < 4.78 is 0. The lowest BCUT2D eigenvalue weighted by atomic mass is 9.95. The van der Waals surface area contributed by atoms with E-state index in [4.69, 9.17) is 0 Å². The van der Waals surface area contributed by atoms with Crippen LogP contribution in [0.15, 0.2) is 18.5 Å². The van der Waals surface area contributed by atoms with Crippen LogP contribution in [0.4, 0.5) is 5.69 Å². The Bertz CT molecular complexity index is 445. The molecule has 104 valence electrons. The van der Waals surface area contributed by atoms with Crippen LogP contribution < -0.4 is 5.32 Å². The number of carbonyl (C=O) groups excluding carboxylic acids is 1. The highest BCUT2D eigenvalue weighted by Crippen LogP contribution is 2.26. The number of rotatable bonds is 4. The van der Waals surface area contributed by atoms with Gasteiger partial charge in [-0.05, 0) is 31.2 Å². The number of hydrogen-bond donors (Lipinski definition) is 1. The van der Waals surface area contributed by atoms with Gasteiger partial charge in [0.2, 0.25) is 0 Å². The van der Waals surface area contributed by atoms with Crippen LogP contribution in [-0.2, 0) is 0 Å². The van der Waals surface area contributed by atoms with E-state index in [2.05, 4.69) is 24.1 Å². The number of amides is 1. The maximum Gasteiger partial charge on any atom is 0.256 e. The minimum atomic E-state index is 0.126. The maximum atomic E-state index is 12.6. The summed E-state index contributed by atoms with van der Waals surface area (Å²) >= 11 is 0. The Labute approximate surface area is 115 Å². The van der Waals surface area contributed by atoms with E-state index in [1.807, 2.05) is 17.9 Å². The molecule has 0 aliphatic carbocycles. The van der Waals surface area contributed by atoms with Crippen molar-refractivity contribution in [2.75, 3.05) is 25.0 Å². The standard InChI is InChI=1S/C15H23N3O/c1-4-17-14-9-16-7-5-13(14)15(19)18-8-6-12(10-18)11(2)3/h5,7,9,11-12,17H,4,6,8,10H2,1-3H3. The van der Waals surface area contributed by atoms with Gasteiger partial charge in [0.05, 0.1) is 17.4 Å². The second-order valence-electron chi connectivity index (χ2n) is 5.50. The van der Waals surface area contributed by atoms with Crippen LogP contribution in [0, 0.1) is 11.8 Å². The Morgan fingerprint density at radius 2 is 2.37 bits per heavy atom. The summed E-state index contributed by atoms with van der Waals surface area (Å²) in [5.74, 6) is 1.40. The molecule has 0 bridgehead atoms. The first kappa shape index (κ1) is 13.8. The first-order valence-corrected chi connectivity index (χ1v) is 7.10. The van der Waals surface area contributed by atoms with Crippen molar-refractivity contribution in [1.29, 1.82) is 0 Å². The molecule has 1 saturated heterocycles. The number of carbonyl (C=O) groups is 1. The van der Waals surface area contributed by atoms with Crippen molar-refractivity contribution in [3.05, 3.63) is 24.0 Å². The SMILES string of the molecule is CCNc1cnccc1C(=O)N1CCC(C(C)C)C1. The fourth-order valence-electron chi connectivity index (χ4n) is 2.60. The predicted molar refractivity (Wildman–Crippen MR) is 77.2 cm³/mol. The summed E-state index contributed by atoms with van der Waals surface area (Å²) in [6.45, 7) is 9.02. The van der Waals surface area contributed by atoms with Crippen molar-refractivity contribution < 1.29 is 4.79 Å². The normalized spacial score (nSPS) is 18.9. The molecule has 1 N–H and O–H groups in total. The van der Waals surface area contributed by atoms with Crippen molar-refractivity contribution in [2.24, 2.45) is 11.8 Å². The van der Waals surface area contributed by atoms with Gasteiger partial charge in [-0.15, -0.1) is 0 Å². The molecule has 4 heteroatoms. The molecule has 1 unspecified atom stereocenters. The maximum absolute atomic E-state index is 12.6. The monoisotopic (exact) mass is 261 g/mol. The highest BCUT2D eigenvalue weighted by atomic mass is 16.2. The van der Waals surface area contributed by atoms with Crippen LogP contribution >= 0.6 is 0 Å². The third-order valence-electron chi connectivity index (χ3n) is 3.87. The Kier molecular flexibility index (Phi) is 4.40. The van der Waals surface area contributed by atoms with E-state index < -0.39 is 0 Å². The molecule has 19 heavy (non-hydrogen) atoms. The number of aromatic nitrogens is 1. The highest BCUT2D eigenvalue weighted by molar-refractivity contribution is 5.99. The average molecular weight is 261 g/mol. The quantitative estimate of drug-likeness (QED) is 0.906. The van der Waals surface area contributed by atoms with E-state index in [0.717, 1.165) is 37.3 Å². The van der Waals surface area contributed by atoms with E-state index in [9.17, 15) is 4.79 Å². The fourth-order valence-corrected chi connectivity index (χ4v) is 2.60. The van der Waals surface area contributed by atoms with E-state index in [1.165, 1.54) is 0 Å². The van der Waals surface area contributed by atoms with Crippen molar-refractivity contribution in [2.45, 2.75) is 27.2 Å². The summed E-state index contributed by atoms with van der Waals surface area (Å²) in [5.41, 5.74) is 1.57. The fraction of sp³-hybridized carbons (Fsp3) is 0.600. The molecular formula is C15H23N3O. The molecule has 4 nitrogen and oxygen atoms in total. The number of anilines is 1. The molecule has 0 aromatic carbocycles. The summed E-state index contributed by atoms with van der Waals surface area (Å²) in [6, 6.07) is 1.81. The van der Waals surface area contributed by atoms with Crippen LogP contribution in [0.2, 0.25) is 0 Å². The molecule has 1 aliphatic rings. The summed E-state index contributed by atoms with van der Waals surface area (Å²) in [7, 11) is 0. The zero-order valence-corrected chi connectivity index (χ0v) is 12.0. The van der Waals surface area contributed by atoms with Crippen LogP contribution in [0.3, 0.4) is 0 Å². The van der Waals surface area contributed by atoms with E-state index in [0.29, 0.717) is 11.8 Å². The number of nitrogens with one attached hydrogen (secondary N) is 1. The molecule has 1 atom stereocenters. The molecule has 2 rings (SSSR count). The largest absolute Gasteiger partial charge is 0.383 e. The molecule has 1 aromatic heterocycles. The molecular weight excluding hydrogens is 238 g/mol. The van der Waals surface area contributed by atoms with Gasteiger partial charge >= 0.3 is 0 Å². The van der Waals surface area contributed by atoms with Gasteiger partial charge < -0.3 is 10.2 Å². The van der Waals surface area contributed by atoms with Crippen molar-refractivity contribution in [3.8, 4) is 0 Å². The van der Waals surface area contributed by atoms with Crippen LogP contribution in [0.25, 0.3) is 0 Å². The van der Waals surface area contributed by atoms with Crippen molar-refractivity contribution in [3.63, 3.8) is 0 Å². The molecule has 1 amide bonds. The van der Waals surface area contributed by atoms with Gasteiger partial charge in [0.25, 0.3) is 5.91 Å². The van der Waals surface area contributed by atoms with Gasteiger partial charge in [-0.3, -0.25) is 9.78 Å². The van der Waals surface area contributed by atoms with Crippen LogP contribution in [-0.4, -0.2) is 35.4 Å². The molecule has 0 spiro atoms. The number of likely N-dealkylation sites (tertiary alicyclic amines) is 1. The predicted octanol–water partition coefficient (Wildman–Crippen LogP) is 2.63. The molecule has 2 heterocycles. The Morgan fingerprint density at radius 3 is 3.00 bits per heavy atom. The second kappa shape index (κ2) is 6.04. The Balaban J connectivity index is 2.12. The lowest BCUT2D eigenvalue weighted by molar-refractivity contribution is 0.0785. The van der Waals surface area contributed by atoms with Crippen molar-refractivity contribution >= 4 is 11.6 Å². The Hall–Kier alpha value is -1.58. The van der Waals surface area contributed by atoms with E-state index in [1.54, 1.807) is 12.4 Å². The summed E-state index contributed by atoms with van der Waals surface area (Å²) in [4.78, 5) is 18.6. The number of nitrogens with zero attached hydrogens (tertiary/aromatic N) is 2. The summed E-state index contributed by atoms with van der Waals surface area (Å²) in [5, 5.41) is 3.20. The minimum Gasteiger partial charge on any atom is -0.383 e.